The van der Waals surface area contributed by atoms with E-state index in [0.29, 0.717) is 11.5 Å². The number of sulfonamides is 1. The fourth-order valence-electron chi connectivity index (χ4n) is 2.64. The highest BCUT2D eigenvalue weighted by Gasteiger charge is 2.35. The lowest BCUT2D eigenvalue weighted by Crippen LogP contribution is -2.46. The van der Waals surface area contributed by atoms with Crippen molar-refractivity contribution in [2.24, 2.45) is 5.92 Å². The van der Waals surface area contributed by atoms with Crippen molar-refractivity contribution >= 4 is 15.9 Å². The number of amides is 1. The Balaban J connectivity index is 1.62. The minimum absolute atomic E-state index is 0.00550. The fourth-order valence-corrected chi connectivity index (χ4v) is 3.56. The van der Waals surface area contributed by atoms with Crippen LogP contribution in [0.2, 0.25) is 0 Å². The zero-order chi connectivity index (χ0) is 21.0. The molecule has 0 aliphatic carbocycles. The van der Waals surface area contributed by atoms with Gasteiger partial charge in [0.2, 0.25) is 0 Å². The molecule has 0 radical (unpaired) electrons. The summed E-state index contributed by atoms with van der Waals surface area (Å²) < 4.78 is 53.3. The van der Waals surface area contributed by atoms with Crippen LogP contribution in [0.4, 0.5) is 4.39 Å². The van der Waals surface area contributed by atoms with Gasteiger partial charge in [0.1, 0.15) is 17.3 Å². The maximum Gasteiger partial charge on any atom is 0.267 e. The third-order valence-corrected chi connectivity index (χ3v) is 5.48. The van der Waals surface area contributed by atoms with Crippen molar-refractivity contribution in [3.63, 3.8) is 0 Å². The zero-order valence-electron chi connectivity index (χ0n) is 15.3. The van der Waals surface area contributed by atoms with Crippen LogP contribution in [0.25, 0.3) is 0 Å². The minimum Gasteiger partial charge on any atom is -0.457 e. The van der Waals surface area contributed by atoms with E-state index in [-0.39, 0.29) is 23.1 Å². The smallest absolute Gasteiger partial charge is 0.267 e. The first-order valence-electron chi connectivity index (χ1n) is 8.51. The molecule has 0 bridgehead atoms. The van der Waals surface area contributed by atoms with E-state index in [4.69, 9.17) is 14.2 Å². The summed E-state index contributed by atoms with van der Waals surface area (Å²) in [7, 11) is -2.80. The van der Waals surface area contributed by atoms with Crippen molar-refractivity contribution in [2.45, 2.75) is 17.6 Å². The number of carbonyl (C=O) groups excluding carboxylic acids is 1. The van der Waals surface area contributed by atoms with Gasteiger partial charge >= 0.3 is 0 Å². The number of halogens is 1. The highest BCUT2D eigenvalue weighted by molar-refractivity contribution is 7.89. The standard InChI is InChI=1S/C18H19FN2O7S/c1-26-17-10-12(11-27-17)18(22)21(23)20-29(24,25)16-8-6-15(7-9-16)28-14-4-2-13(19)3-5-14/h2-9,12,17,20,23H,10-11H2,1H3. The summed E-state index contributed by atoms with van der Waals surface area (Å²) >= 11 is 0. The summed E-state index contributed by atoms with van der Waals surface area (Å²) in [4.78, 5) is 13.8. The topological polar surface area (TPSA) is 114 Å². The normalized spacial score (nSPS) is 19.1. The van der Waals surface area contributed by atoms with E-state index in [0.717, 1.165) is 0 Å². The number of hydrazine groups is 1. The van der Waals surface area contributed by atoms with Gasteiger partial charge < -0.3 is 14.2 Å². The number of hydrogen-bond donors (Lipinski definition) is 2. The number of rotatable bonds is 7. The maximum absolute atomic E-state index is 12.9. The average molecular weight is 426 g/mol. The van der Waals surface area contributed by atoms with Gasteiger partial charge in [-0.05, 0) is 48.5 Å². The zero-order valence-corrected chi connectivity index (χ0v) is 16.1. The van der Waals surface area contributed by atoms with Crippen LogP contribution >= 0.6 is 0 Å². The van der Waals surface area contributed by atoms with E-state index >= 15 is 0 Å². The predicted molar refractivity (Wildman–Crippen MR) is 96.7 cm³/mol. The van der Waals surface area contributed by atoms with Crippen molar-refractivity contribution < 1.29 is 37.0 Å². The number of methoxy groups -OCH3 is 1. The summed E-state index contributed by atoms with van der Waals surface area (Å²) in [5.41, 5.74) is 0. The first kappa shape index (κ1) is 21.1. The van der Waals surface area contributed by atoms with E-state index in [2.05, 4.69) is 0 Å². The monoisotopic (exact) mass is 426 g/mol. The maximum atomic E-state index is 12.9. The van der Waals surface area contributed by atoms with Crippen molar-refractivity contribution in [3.05, 3.63) is 54.3 Å². The number of hydroxylamine groups is 1. The van der Waals surface area contributed by atoms with Crippen molar-refractivity contribution in [3.8, 4) is 11.5 Å². The number of ether oxygens (including phenoxy) is 3. The number of hydrogen-bond acceptors (Lipinski definition) is 7. The molecule has 2 atom stereocenters. The Morgan fingerprint density at radius 1 is 1.17 bits per heavy atom. The van der Waals surface area contributed by atoms with Gasteiger partial charge in [-0.25, -0.2) is 12.8 Å². The van der Waals surface area contributed by atoms with Crippen LogP contribution in [0.3, 0.4) is 0 Å². The molecule has 1 saturated heterocycles. The molecule has 1 fully saturated rings. The first-order valence-corrected chi connectivity index (χ1v) is 10.00. The molecule has 1 aliphatic heterocycles. The molecular weight excluding hydrogens is 407 g/mol. The van der Waals surface area contributed by atoms with Gasteiger partial charge in [0.05, 0.1) is 17.4 Å². The van der Waals surface area contributed by atoms with Gasteiger partial charge in [-0.1, -0.05) is 4.83 Å². The molecule has 2 aromatic carbocycles. The molecule has 2 N–H and O–H groups in total. The Morgan fingerprint density at radius 3 is 2.31 bits per heavy atom. The molecule has 1 aliphatic rings. The van der Waals surface area contributed by atoms with Crippen molar-refractivity contribution in [1.29, 1.82) is 0 Å². The molecule has 3 rings (SSSR count). The number of nitrogens with zero attached hydrogens (tertiary/aromatic N) is 1. The van der Waals surface area contributed by atoms with Crippen LogP contribution in [-0.2, 0) is 24.3 Å². The molecule has 1 amide bonds. The Hall–Kier alpha value is -2.57. The average Bonchev–Trinajstić information content (AvgIpc) is 3.18. The van der Waals surface area contributed by atoms with E-state index in [9.17, 15) is 22.8 Å². The minimum atomic E-state index is -4.22. The van der Waals surface area contributed by atoms with Crippen LogP contribution in [0.15, 0.2) is 53.4 Å². The van der Waals surface area contributed by atoms with Gasteiger partial charge in [-0.3, -0.25) is 10.0 Å². The Labute approximate surface area is 166 Å². The molecule has 156 valence electrons. The molecular formula is C18H19FN2O7S. The van der Waals surface area contributed by atoms with Gasteiger partial charge in [0, 0.05) is 13.5 Å². The molecule has 0 spiro atoms. The molecule has 9 nitrogen and oxygen atoms in total. The van der Waals surface area contributed by atoms with Crippen LogP contribution in [0.1, 0.15) is 6.42 Å². The summed E-state index contributed by atoms with van der Waals surface area (Å²) in [5.74, 6) is -1.31. The summed E-state index contributed by atoms with van der Waals surface area (Å²) in [6.45, 7) is 0.00550. The highest BCUT2D eigenvalue weighted by atomic mass is 32.2. The number of benzene rings is 2. The molecule has 0 saturated carbocycles. The largest absolute Gasteiger partial charge is 0.457 e. The van der Waals surface area contributed by atoms with E-state index in [1.54, 1.807) is 4.83 Å². The Morgan fingerprint density at radius 2 is 1.76 bits per heavy atom. The number of carbonyl (C=O) groups is 1. The second-order valence-corrected chi connectivity index (χ2v) is 7.86. The molecule has 0 aromatic heterocycles. The fraction of sp³-hybridized carbons (Fsp3) is 0.278. The third-order valence-electron chi connectivity index (χ3n) is 4.17. The quantitative estimate of drug-likeness (QED) is 0.514. The van der Waals surface area contributed by atoms with Crippen molar-refractivity contribution in [1.82, 2.24) is 10.0 Å². The Kier molecular flexibility index (Phi) is 6.45. The van der Waals surface area contributed by atoms with E-state index < -0.39 is 34.0 Å². The predicted octanol–water partition coefficient (Wildman–Crippen LogP) is 2.04. The third kappa shape index (κ3) is 5.28. The van der Waals surface area contributed by atoms with Crippen LogP contribution in [-0.4, -0.2) is 44.7 Å². The van der Waals surface area contributed by atoms with Gasteiger partial charge in [0.15, 0.2) is 6.29 Å². The lowest BCUT2D eigenvalue weighted by atomic mass is 10.1. The lowest BCUT2D eigenvalue weighted by Gasteiger charge is -2.18. The van der Waals surface area contributed by atoms with Crippen molar-refractivity contribution in [2.75, 3.05) is 13.7 Å². The molecule has 11 heteroatoms. The lowest BCUT2D eigenvalue weighted by molar-refractivity contribution is -0.177. The van der Waals surface area contributed by atoms with Crippen LogP contribution < -0.4 is 9.57 Å². The van der Waals surface area contributed by atoms with Crippen LogP contribution in [0, 0.1) is 11.7 Å². The van der Waals surface area contributed by atoms with Gasteiger partial charge in [0.25, 0.3) is 15.9 Å². The Bertz CT molecular complexity index is 951. The van der Waals surface area contributed by atoms with Gasteiger partial charge in [-0.2, -0.15) is 0 Å². The second kappa shape index (κ2) is 8.84. The van der Waals surface area contributed by atoms with Gasteiger partial charge in [-0.15, -0.1) is 5.17 Å². The SMILES string of the molecule is COC1CC(C(=O)N(O)NS(=O)(=O)c2ccc(Oc3ccc(F)cc3)cc2)CO1. The molecule has 1 heterocycles. The summed E-state index contributed by atoms with van der Waals surface area (Å²) in [6, 6.07) is 10.6. The molecule has 29 heavy (non-hydrogen) atoms. The molecule has 2 unspecified atom stereocenters. The second-order valence-electron chi connectivity index (χ2n) is 6.20. The first-order chi connectivity index (χ1) is 13.8. The highest BCUT2D eigenvalue weighted by Crippen LogP contribution is 2.24. The van der Waals surface area contributed by atoms with E-state index in [1.165, 1.54) is 55.6 Å². The summed E-state index contributed by atoms with van der Waals surface area (Å²) in [6.07, 6.45) is -0.383. The molecule has 2 aromatic rings. The van der Waals surface area contributed by atoms with E-state index in [1.807, 2.05) is 0 Å². The number of nitrogens with one attached hydrogen (secondary N) is 1. The summed E-state index contributed by atoms with van der Waals surface area (Å²) in [5, 5.41) is 9.78. The van der Waals surface area contributed by atoms with Crippen LogP contribution in [0.5, 0.6) is 11.5 Å².